The van der Waals surface area contributed by atoms with E-state index in [-0.39, 0.29) is 5.69 Å². The zero-order valence-corrected chi connectivity index (χ0v) is 12.0. The van der Waals surface area contributed by atoms with Crippen molar-refractivity contribution in [3.8, 4) is 5.75 Å². The van der Waals surface area contributed by atoms with Gasteiger partial charge in [0.25, 0.3) is 5.91 Å². The first-order valence-corrected chi connectivity index (χ1v) is 7.22. The van der Waals surface area contributed by atoms with Crippen LogP contribution >= 0.6 is 0 Å². The number of nitrogens with zero attached hydrogens (tertiary/aromatic N) is 1. The molecule has 6 heteroatoms. The van der Waals surface area contributed by atoms with Crippen molar-refractivity contribution in [1.29, 1.82) is 0 Å². The van der Waals surface area contributed by atoms with Crippen LogP contribution in [0.2, 0.25) is 0 Å². The van der Waals surface area contributed by atoms with E-state index in [4.69, 9.17) is 4.74 Å². The average Bonchev–Trinajstić information content (AvgIpc) is 2.50. The molecule has 1 aromatic rings. The monoisotopic (exact) mass is 295 g/mol. The first-order valence-electron chi connectivity index (χ1n) is 7.22. The van der Waals surface area contributed by atoms with Crippen LogP contribution in [-0.2, 0) is 4.79 Å². The van der Waals surface area contributed by atoms with Crippen molar-refractivity contribution in [3.05, 3.63) is 23.8 Å². The predicted octanol–water partition coefficient (Wildman–Crippen LogP) is 1.78. The number of fused-ring (bicyclic) bond motifs is 1. The lowest BCUT2D eigenvalue weighted by atomic mass is 9.97. The largest absolute Gasteiger partial charge is 0.494 e. The highest BCUT2D eigenvalue weighted by Gasteiger charge is 2.38. The fourth-order valence-corrected chi connectivity index (χ4v) is 2.31. The number of aliphatic hydroxyl groups is 2. The molecule has 0 aromatic heterocycles. The predicted molar refractivity (Wildman–Crippen MR) is 76.3 cm³/mol. The van der Waals surface area contributed by atoms with Crippen LogP contribution in [0.5, 0.6) is 5.75 Å². The van der Waals surface area contributed by atoms with Crippen molar-refractivity contribution in [3.63, 3.8) is 0 Å². The Hall–Kier alpha value is -1.63. The highest BCUT2D eigenvalue weighted by Crippen LogP contribution is 2.36. The fraction of sp³-hybridized carbons (Fsp3) is 0.533. The average molecular weight is 295 g/mol. The van der Waals surface area contributed by atoms with Gasteiger partial charge in [-0.05, 0) is 12.5 Å². The molecular formula is C15H21NO5. The third-order valence-corrected chi connectivity index (χ3v) is 3.58. The zero-order valence-electron chi connectivity index (χ0n) is 12.0. The molecule has 0 fully saturated rings. The Morgan fingerprint density at radius 1 is 1.19 bits per heavy atom. The lowest BCUT2D eigenvalue weighted by molar-refractivity contribution is -0.139. The Morgan fingerprint density at radius 2 is 1.95 bits per heavy atom. The van der Waals surface area contributed by atoms with E-state index in [1.807, 2.05) is 0 Å². The fourth-order valence-electron chi connectivity index (χ4n) is 2.31. The summed E-state index contributed by atoms with van der Waals surface area (Å²) in [4.78, 5) is 11.6. The molecule has 3 N–H and O–H groups in total. The summed E-state index contributed by atoms with van der Waals surface area (Å²) >= 11 is 0. The van der Waals surface area contributed by atoms with Crippen LogP contribution in [0.25, 0.3) is 0 Å². The smallest absolute Gasteiger partial charge is 0.282 e. The van der Waals surface area contributed by atoms with Gasteiger partial charge in [-0.25, -0.2) is 0 Å². The minimum Gasteiger partial charge on any atom is -0.494 e. The topological polar surface area (TPSA) is 90.2 Å². The van der Waals surface area contributed by atoms with Crippen molar-refractivity contribution < 1.29 is 25.0 Å². The SMILES string of the molecule is CCCCCCOc1ccc2c(c1)N(O)C(=O)C(O)C2O. The summed E-state index contributed by atoms with van der Waals surface area (Å²) in [5, 5.41) is 29.5. The minimum atomic E-state index is -1.65. The lowest BCUT2D eigenvalue weighted by Crippen LogP contribution is -2.45. The molecule has 1 aliphatic rings. The second-order valence-electron chi connectivity index (χ2n) is 5.17. The molecule has 2 unspecified atom stereocenters. The van der Waals surface area contributed by atoms with Crippen LogP contribution in [0.1, 0.15) is 44.3 Å². The van der Waals surface area contributed by atoms with Crippen molar-refractivity contribution in [2.75, 3.05) is 11.7 Å². The van der Waals surface area contributed by atoms with Gasteiger partial charge in [0.05, 0.1) is 12.3 Å². The van der Waals surface area contributed by atoms with Gasteiger partial charge in [0, 0.05) is 11.6 Å². The maximum Gasteiger partial charge on any atom is 0.282 e. The molecule has 0 saturated heterocycles. The van der Waals surface area contributed by atoms with Gasteiger partial charge >= 0.3 is 0 Å². The maximum atomic E-state index is 11.6. The highest BCUT2D eigenvalue weighted by atomic mass is 16.5. The molecule has 2 atom stereocenters. The van der Waals surface area contributed by atoms with E-state index in [0.29, 0.717) is 23.0 Å². The van der Waals surface area contributed by atoms with E-state index in [1.165, 1.54) is 6.07 Å². The third-order valence-electron chi connectivity index (χ3n) is 3.58. The summed E-state index contributed by atoms with van der Waals surface area (Å²) in [6.07, 6.45) is 1.36. The Balaban J connectivity index is 2.06. The first-order chi connectivity index (χ1) is 10.1. The van der Waals surface area contributed by atoms with E-state index >= 15 is 0 Å². The van der Waals surface area contributed by atoms with Crippen LogP contribution in [0, 0.1) is 0 Å². The van der Waals surface area contributed by atoms with Gasteiger partial charge in [-0.2, -0.15) is 5.06 Å². The number of carbonyl (C=O) groups excluding carboxylic acids is 1. The maximum absolute atomic E-state index is 11.6. The van der Waals surface area contributed by atoms with Crippen molar-refractivity contribution in [1.82, 2.24) is 0 Å². The van der Waals surface area contributed by atoms with Gasteiger partial charge in [0.2, 0.25) is 0 Å². The number of unbranched alkanes of at least 4 members (excludes halogenated alkanes) is 3. The van der Waals surface area contributed by atoms with E-state index in [2.05, 4.69) is 6.92 Å². The minimum absolute atomic E-state index is 0.142. The van der Waals surface area contributed by atoms with Gasteiger partial charge in [0.1, 0.15) is 11.9 Å². The van der Waals surface area contributed by atoms with Crippen molar-refractivity contribution in [2.24, 2.45) is 0 Å². The van der Waals surface area contributed by atoms with Crippen molar-refractivity contribution >= 4 is 11.6 Å². The second-order valence-corrected chi connectivity index (χ2v) is 5.17. The van der Waals surface area contributed by atoms with Gasteiger partial charge in [-0.15, -0.1) is 0 Å². The second kappa shape index (κ2) is 6.89. The van der Waals surface area contributed by atoms with E-state index < -0.39 is 18.1 Å². The Morgan fingerprint density at radius 3 is 2.67 bits per heavy atom. The number of aliphatic hydroxyl groups excluding tert-OH is 2. The van der Waals surface area contributed by atoms with E-state index in [0.717, 1.165) is 25.7 Å². The molecule has 1 aromatic carbocycles. The molecule has 0 saturated carbocycles. The molecule has 21 heavy (non-hydrogen) atoms. The summed E-state index contributed by atoms with van der Waals surface area (Å²) in [6.45, 7) is 2.69. The van der Waals surface area contributed by atoms with Crippen molar-refractivity contribution in [2.45, 2.75) is 44.8 Å². The molecular weight excluding hydrogens is 274 g/mol. The Kier molecular flexibility index (Phi) is 5.17. The molecule has 0 spiro atoms. The number of carbonyl (C=O) groups is 1. The van der Waals surface area contributed by atoms with Crippen LogP contribution in [0.3, 0.4) is 0 Å². The number of hydrogen-bond acceptors (Lipinski definition) is 5. The lowest BCUT2D eigenvalue weighted by Gasteiger charge is -2.31. The summed E-state index contributed by atoms with van der Waals surface area (Å²) in [5.74, 6) is -0.434. The number of ether oxygens (including phenoxy) is 1. The number of hydrogen-bond donors (Lipinski definition) is 3. The third kappa shape index (κ3) is 3.34. The molecule has 116 valence electrons. The van der Waals surface area contributed by atoms with Gasteiger partial charge in [-0.3, -0.25) is 10.0 Å². The number of benzene rings is 1. The number of rotatable bonds is 6. The van der Waals surface area contributed by atoms with Gasteiger partial charge < -0.3 is 14.9 Å². The van der Waals surface area contributed by atoms with E-state index in [9.17, 15) is 20.2 Å². The summed E-state index contributed by atoms with van der Waals surface area (Å²) < 4.78 is 5.57. The molecule has 0 bridgehead atoms. The van der Waals surface area contributed by atoms with Crippen LogP contribution in [0.15, 0.2) is 18.2 Å². The Labute approximate surface area is 123 Å². The van der Waals surface area contributed by atoms with Crippen LogP contribution in [0.4, 0.5) is 5.69 Å². The molecule has 6 nitrogen and oxygen atoms in total. The highest BCUT2D eigenvalue weighted by molar-refractivity contribution is 5.98. The number of anilines is 1. The number of hydroxylamine groups is 1. The number of amides is 1. The summed E-state index contributed by atoms with van der Waals surface area (Å²) in [7, 11) is 0. The normalized spacial score (nSPS) is 21.3. The van der Waals surface area contributed by atoms with E-state index in [1.54, 1.807) is 12.1 Å². The van der Waals surface area contributed by atoms with Crippen LogP contribution < -0.4 is 9.80 Å². The van der Waals surface area contributed by atoms with Crippen LogP contribution in [-0.4, -0.2) is 34.0 Å². The van der Waals surface area contributed by atoms with Gasteiger partial charge in [0.15, 0.2) is 6.10 Å². The molecule has 1 heterocycles. The Bertz CT molecular complexity index is 505. The molecule has 1 aliphatic heterocycles. The molecule has 2 rings (SSSR count). The summed E-state index contributed by atoms with van der Waals surface area (Å²) in [5.41, 5.74) is 0.437. The zero-order chi connectivity index (χ0) is 15.4. The quantitative estimate of drug-likeness (QED) is 0.550. The standard InChI is InChI=1S/C15H21NO5/c1-2-3-4-5-8-21-10-6-7-11-12(9-10)16(20)15(19)14(18)13(11)17/h6-7,9,13-14,17-18,20H,2-5,8H2,1H3. The molecule has 1 amide bonds. The molecule has 0 radical (unpaired) electrons. The first kappa shape index (κ1) is 15.8. The summed E-state index contributed by atoms with van der Waals surface area (Å²) in [6, 6.07) is 4.68. The van der Waals surface area contributed by atoms with Gasteiger partial charge in [-0.1, -0.05) is 32.3 Å². The molecule has 0 aliphatic carbocycles.